The van der Waals surface area contributed by atoms with Crippen LogP contribution in [-0.4, -0.2) is 42.8 Å². The lowest BCUT2D eigenvalue weighted by atomic mass is 10.1. The van der Waals surface area contributed by atoms with Crippen molar-refractivity contribution in [2.24, 2.45) is 10.7 Å². The summed E-state index contributed by atoms with van der Waals surface area (Å²) >= 11 is 0. The smallest absolute Gasteiger partial charge is 0.146 e. The van der Waals surface area contributed by atoms with E-state index in [9.17, 15) is 0 Å². The molecule has 2 rings (SSSR count). The van der Waals surface area contributed by atoms with Gasteiger partial charge in [-0.2, -0.15) is 0 Å². The van der Waals surface area contributed by atoms with Gasteiger partial charge in [0.15, 0.2) is 0 Å². The van der Waals surface area contributed by atoms with Crippen molar-refractivity contribution in [3.05, 3.63) is 47.9 Å². The maximum absolute atomic E-state index is 9.10. The third kappa shape index (κ3) is 6.05. The summed E-state index contributed by atoms with van der Waals surface area (Å²) < 4.78 is 5.43. The second-order valence-corrected chi connectivity index (χ2v) is 5.27. The first kappa shape index (κ1) is 24.0. The highest BCUT2D eigenvalue weighted by Crippen LogP contribution is 2.22. The topological polar surface area (TPSA) is 94.9 Å². The number of ether oxygens (including phenoxy) is 1. The molecule has 0 amide bonds. The Morgan fingerprint density at radius 3 is 2.35 bits per heavy atom. The fourth-order valence-electron chi connectivity index (χ4n) is 2.43. The van der Waals surface area contributed by atoms with E-state index in [1.807, 2.05) is 38.1 Å². The molecule has 0 saturated heterocycles. The molecule has 0 saturated carbocycles. The number of hydrogen-bond donors (Lipinski definition) is 3. The first-order chi connectivity index (χ1) is 11.6. The van der Waals surface area contributed by atoms with Crippen molar-refractivity contribution in [2.75, 3.05) is 31.2 Å². The quantitative estimate of drug-likeness (QED) is 0.612. The summed E-state index contributed by atoms with van der Waals surface area (Å²) in [6, 6.07) is 7.75. The number of aliphatic imine (C=N–C) groups is 1. The maximum atomic E-state index is 9.10. The summed E-state index contributed by atoms with van der Waals surface area (Å²) in [6.07, 6.45) is 3.25. The van der Waals surface area contributed by atoms with Crippen LogP contribution in [0, 0.1) is 5.41 Å². The summed E-state index contributed by atoms with van der Waals surface area (Å²) in [5, 5.41) is 17.0. The average Bonchev–Trinajstić information content (AvgIpc) is 2.58. The van der Waals surface area contributed by atoms with Crippen LogP contribution in [0.25, 0.3) is 0 Å². The molecule has 8 heteroatoms. The second kappa shape index (κ2) is 11.6. The van der Waals surface area contributed by atoms with E-state index in [2.05, 4.69) is 9.89 Å². The Kier molecular flexibility index (Phi) is 10.7. The molecule has 4 N–H and O–H groups in total. The zero-order valence-electron chi connectivity index (χ0n) is 14.9. The second-order valence-electron chi connectivity index (χ2n) is 5.27. The number of nitrogens with one attached hydrogen (secondary N) is 1. The average molecular weight is 401 g/mol. The number of aliphatic hydroxyl groups is 1. The summed E-state index contributed by atoms with van der Waals surface area (Å²) in [7, 11) is 0. The van der Waals surface area contributed by atoms with Crippen molar-refractivity contribution >= 4 is 47.6 Å². The van der Waals surface area contributed by atoms with Gasteiger partial charge in [0, 0.05) is 24.9 Å². The van der Waals surface area contributed by atoms with E-state index >= 15 is 0 Å². The Morgan fingerprint density at radius 1 is 1.15 bits per heavy atom. The molecule has 0 aliphatic heterocycles. The number of likely N-dealkylation sites (N-methyl/N-ethyl adjacent to an activating group) is 1. The molecule has 0 spiro atoms. The van der Waals surface area contributed by atoms with E-state index in [1.165, 1.54) is 0 Å². The third-order valence-corrected chi connectivity index (χ3v) is 3.64. The molecule has 0 aromatic heterocycles. The number of anilines is 1. The number of rotatable bonds is 7. The molecule has 0 unspecified atom stereocenters. The van der Waals surface area contributed by atoms with Gasteiger partial charge < -0.3 is 20.5 Å². The Bertz CT molecular complexity index is 685. The third-order valence-electron chi connectivity index (χ3n) is 3.64. The van der Waals surface area contributed by atoms with Gasteiger partial charge in [-0.3, -0.25) is 5.41 Å². The van der Waals surface area contributed by atoms with E-state index < -0.39 is 0 Å². The first-order valence-electron chi connectivity index (χ1n) is 8.04. The number of nitrogens with two attached hydrogens (primary N) is 1. The van der Waals surface area contributed by atoms with Crippen LogP contribution < -0.4 is 10.6 Å². The van der Waals surface area contributed by atoms with Crippen LogP contribution in [0.15, 0.2) is 52.9 Å². The number of nitrogens with zero attached hydrogens (tertiary/aromatic N) is 2. The molecule has 1 aromatic rings. The molecule has 0 atom stereocenters. The number of allylic oxidation sites excluding steroid dienone is 2. The minimum Gasteiger partial charge on any atom is -0.492 e. The molecule has 6 nitrogen and oxygen atoms in total. The van der Waals surface area contributed by atoms with Gasteiger partial charge in [-0.05, 0) is 44.2 Å². The monoisotopic (exact) mass is 400 g/mol. The van der Waals surface area contributed by atoms with Crippen LogP contribution in [0.5, 0.6) is 0 Å². The minimum atomic E-state index is 0. The van der Waals surface area contributed by atoms with Gasteiger partial charge in [0.2, 0.25) is 0 Å². The lowest BCUT2D eigenvalue weighted by Crippen LogP contribution is -2.25. The molecule has 0 radical (unpaired) electrons. The summed E-state index contributed by atoms with van der Waals surface area (Å²) in [5.41, 5.74) is 9.07. The van der Waals surface area contributed by atoms with Gasteiger partial charge in [0.1, 0.15) is 5.76 Å². The van der Waals surface area contributed by atoms with Crippen LogP contribution in [0.4, 0.5) is 11.4 Å². The molecule has 0 bridgehead atoms. The Balaban J connectivity index is 0.00000312. The van der Waals surface area contributed by atoms with Gasteiger partial charge in [-0.15, -0.1) is 24.8 Å². The van der Waals surface area contributed by atoms with Crippen molar-refractivity contribution in [1.29, 1.82) is 5.41 Å². The van der Waals surface area contributed by atoms with E-state index in [0.29, 0.717) is 30.3 Å². The summed E-state index contributed by atoms with van der Waals surface area (Å²) in [4.78, 5) is 6.62. The zero-order valence-corrected chi connectivity index (χ0v) is 16.6. The highest BCUT2D eigenvalue weighted by atomic mass is 35.5. The fraction of sp³-hybridized carbons (Fsp3) is 0.333. The first-order valence-corrected chi connectivity index (χ1v) is 8.04. The van der Waals surface area contributed by atoms with E-state index in [1.54, 1.807) is 12.2 Å². The summed E-state index contributed by atoms with van der Waals surface area (Å²) in [6.45, 7) is 5.95. The minimum absolute atomic E-state index is 0. The predicted molar refractivity (Wildman–Crippen MR) is 113 cm³/mol. The zero-order chi connectivity index (χ0) is 17.5. The van der Waals surface area contributed by atoms with Crippen LogP contribution >= 0.6 is 24.8 Å². The Hall–Kier alpha value is -2.02. The van der Waals surface area contributed by atoms with Crippen LogP contribution in [-0.2, 0) is 4.74 Å². The molecule has 0 heterocycles. The summed E-state index contributed by atoms with van der Waals surface area (Å²) in [5.74, 6) is 0.474. The van der Waals surface area contributed by atoms with Crippen molar-refractivity contribution < 1.29 is 9.84 Å². The standard InChI is InChI=1S/C18H24N4O2.2ClH/c1-3-22(9-10-23)14-7-5-13(6-8-14)21-17-12-18(24-4-2)16(20)11-15(17)19;;/h5-8,11-12,20,23H,3-4,9-10,19H2,1-2H3;2*1H. The van der Waals surface area contributed by atoms with Crippen molar-refractivity contribution in [1.82, 2.24) is 0 Å². The van der Waals surface area contributed by atoms with E-state index in [-0.39, 0.29) is 37.1 Å². The maximum Gasteiger partial charge on any atom is 0.146 e. The highest BCUT2D eigenvalue weighted by molar-refractivity contribution is 6.22. The molecule has 1 aliphatic carbocycles. The predicted octanol–water partition coefficient (Wildman–Crippen LogP) is 3.22. The largest absolute Gasteiger partial charge is 0.492 e. The van der Waals surface area contributed by atoms with Gasteiger partial charge in [0.05, 0.1) is 36.0 Å². The molecule has 0 fully saturated rings. The molecular formula is C18H26Cl2N4O2. The number of aliphatic hydroxyl groups excluding tert-OH is 1. The van der Waals surface area contributed by atoms with Crippen molar-refractivity contribution in [2.45, 2.75) is 13.8 Å². The molecule has 1 aliphatic rings. The number of halogens is 2. The molecule has 1 aromatic carbocycles. The van der Waals surface area contributed by atoms with Crippen LogP contribution in [0.2, 0.25) is 0 Å². The molecular weight excluding hydrogens is 375 g/mol. The lowest BCUT2D eigenvalue weighted by Gasteiger charge is -2.22. The number of hydrogen-bond acceptors (Lipinski definition) is 6. The van der Waals surface area contributed by atoms with Crippen LogP contribution in [0.3, 0.4) is 0 Å². The van der Waals surface area contributed by atoms with E-state index in [0.717, 1.165) is 17.9 Å². The van der Waals surface area contributed by atoms with Gasteiger partial charge in [0.25, 0.3) is 0 Å². The Morgan fingerprint density at radius 2 is 1.81 bits per heavy atom. The molecule has 26 heavy (non-hydrogen) atoms. The Labute approximate surface area is 166 Å². The number of benzene rings is 1. The van der Waals surface area contributed by atoms with Crippen molar-refractivity contribution in [3.63, 3.8) is 0 Å². The van der Waals surface area contributed by atoms with Crippen molar-refractivity contribution in [3.8, 4) is 0 Å². The van der Waals surface area contributed by atoms with Gasteiger partial charge in [-0.25, -0.2) is 4.99 Å². The fourth-order valence-corrected chi connectivity index (χ4v) is 2.43. The molecule has 144 valence electrons. The SMILES string of the molecule is CCOC1=CC(=Nc2ccc(N(CC)CCO)cc2)C(N)=CC1=N.Cl.Cl. The van der Waals surface area contributed by atoms with E-state index in [4.69, 9.17) is 21.0 Å². The normalized spacial score (nSPS) is 14.7. The van der Waals surface area contributed by atoms with Crippen LogP contribution in [0.1, 0.15) is 13.8 Å². The van der Waals surface area contributed by atoms with Gasteiger partial charge >= 0.3 is 0 Å². The lowest BCUT2D eigenvalue weighted by molar-refractivity contribution is 0.250. The van der Waals surface area contributed by atoms with Gasteiger partial charge in [-0.1, -0.05) is 0 Å². The highest BCUT2D eigenvalue weighted by Gasteiger charge is 2.15.